The zero-order valence-electron chi connectivity index (χ0n) is 13.6. The van der Waals surface area contributed by atoms with Crippen LogP contribution < -0.4 is 9.47 Å². The van der Waals surface area contributed by atoms with E-state index in [0.29, 0.717) is 17.1 Å². The number of benzene rings is 2. The number of hydrogen-bond donors (Lipinski definition) is 0. The van der Waals surface area contributed by atoms with Crippen LogP contribution in [0.2, 0.25) is 0 Å². The van der Waals surface area contributed by atoms with Gasteiger partial charge in [0.2, 0.25) is 0 Å². The predicted molar refractivity (Wildman–Crippen MR) is 87.1 cm³/mol. The second-order valence-electron chi connectivity index (χ2n) is 6.54. The standard InChI is InChI=1S/C19H20O3/c1-19(2,3)14-10-13-11-8-6-7-9-12(11)16(20)15(13)18(22-5)17(14)21-4/h6-10H,1-5H3. The minimum atomic E-state index is -0.117. The zero-order valence-corrected chi connectivity index (χ0v) is 13.6. The molecule has 22 heavy (non-hydrogen) atoms. The quantitative estimate of drug-likeness (QED) is 0.710. The van der Waals surface area contributed by atoms with Crippen molar-refractivity contribution in [1.29, 1.82) is 0 Å². The van der Waals surface area contributed by atoms with Crippen LogP contribution in [0.25, 0.3) is 11.1 Å². The molecule has 2 aromatic rings. The summed E-state index contributed by atoms with van der Waals surface area (Å²) < 4.78 is 11.2. The second-order valence-corrected chi connectivity index (χ2v) is 6.54. The summed E-state index contributed by atoms with van der Waals surface area (Å²) in [7, 11) is 3.20. The van der Waals surface area contributed by atoms with Crippen molar-refractivity contribution < 1.29 is 14.3 Å². The summed E-state index contributed by atoms with van der Waals surface area (Å²) in [6, 6.07) is 9.75. The summed E-state index contributed by atoms with van der Waals surface area (Å²) in [5.41, 5.74) is 4.15. The third kappa shape index (κ3) is 1.92. The highest BCUT2D eigenvalue weighted by Gasteiger charge is 2.35. The molecule has 0 spiro atoms. The van der Waals surface area contributed by atoms with Crippen molar-refractivity contribution >= 4 is 5.78 Å². The smallest absolute Gasteiger partial charge is 0.198 e. The minimum absolute atomic E-state index is 0.00112. The van der Waals surface area contributed by atoms with Crippen LogP contribution in [0.3, 0.4) is 0 Å². The van der Waals surface area contributed by atoms with Gasteiger partial charge < -0.3 is 9.47 Å². The number of rotatable bonds is 2. The number of carbonyl (C=O) groups excluding carboxylic acids is 1. The molecule has 1 aliphatic carbocycles. The van der Waals surface area contributed by atoms with E-state index < -0.39 is 0 Å². The van der Waals surface area contributed by atoms with Gasteiger partial charge in [-0.2, -0.15) is 0 Å². The number of ketones is 1. The Morgan fingerprint density at radius 2 is 1.45 bits per heavy atom. The van der Waals surface area contributed by atoms with Crippen molar-refractivity contribution in [1.82, 2.24) is 0 Å². The highest BCUT2D eigenvalue weighted by molar-refractivity contribution is 6.23. The van der Waals surface area contributed by atoms with E-state index in [1.54, 1.807) is 14.2 Å². The molecule has 0 heterocycles. The monoisotopic (exact) mass is 296 g/mol. The van der Waals surface area contributed by atoms with Crippen LogP contribution in [0.15, 0.2) is 30.3 Å². The molecule has 0 radical (unpaired) electrons. The first-order valence-corrected chi connectivity index (χ1v) is 7.33. The maximum absolute atomic E-state index is 12.8. The summed E-state index contributed by atoms with van der Waals surface area (Å²) >= 11 is 0. The molecule has 114 valence electrons. The van der Waals surface area contributed by atoms with Crippen LogP contribution in [0.1, 0.15) is 42.3 Å². The number of carbonyl (C=O) groups is 1. The van der Waals surface area contributed by atoms with Gasteiger partial charge in [0.1, 0.15) is 0 Å². The van der Waals surface area contributed by atoms with Gasteiger partial charge in [-0.3, -0.25) is 4.79 Å². The van der Waals surface area contributed by atoms with Gasteiger partial charge in [-0.15, -0.1) is 0 Å². The second kappa shape index (κ2) is 4.87. The molecule has 3 rings (SSSR count). The molecule has 0 unspecified atom stereocenters. The van der Waals surface area contributed by atoms with E-state index in [2.05, 4.69) is 26.8 Å². The first-order valence-electron chi connectivity index (χ1n) is 7.33. The van der Waals surface area contributed by atoms with Crippen LogP contribution >= 0.6 is 0 Å². The Balaban J connectivity index is 2.42. The lowest BCUT2D eigenvalue weighted by molar-refractivity contribution is 0.104. The molecule has 0 bridgehead atoms. The maximum Gasteiger partial charge on any atom is 0.198 e. The number of ether oxygens (including phenoxy) is 2. The van der Waals surface area contributed by atoms with Gasteiger partial charge in [-0.05, 0) is 22.6 Å². The SMILES string of the molecule is COc1c(C(C)(C)C)cc2c(c1OC)C(=O)c1ccccc1-2. The Bertz CT molecular complexity index is 767. The van der Waals surface area contributed by atoms with Crippen LogP contribution in [-0.4, -0.2) is 20.0 Å². The van der Waals surface area contributed by atoms with Gasteiger partial charge in [0.15, 0.2) is 17.3 Å². The Morgan fingerprint density at radius 1 is 0.864 bits per heavy atom. The average Bonchev–Trinajstić information content (AvgIpc) is 2.78. The normalized spacial score (nSPS) is 12.9. The Kier molecular flexibility index (Phi) is 3.24. The molecule has 3 heteroatoms. The molecule has 0 atom stereocenters. The molecule has 2 aromatic carbocycles. The fourth-order valence-corrected chi connectivity index (χ4v) is 3.08. The van der Waals surface area contributed by atoms with E-state index in [0.717, 1.165) is 22.3 Å². The number of hydrogen-bond acceptors (Lipinski definition) is 3. The first kappa shape index (κ1) is 14.6. The number of fused-ring (bicyclic) bond motifs is 3. The average molecular weight is 296 g/mol. The van der Waals surface area contributed by atoms with Gasteiger partial charge in [-0.25, -0.2) is 0 Å². The van der Waals surface area contributed by atoms with Gasteiger partial charge in [0, 0.05) is 11.1 Å². The molecule has 0 saturated carbocycles. The lowest BCUT2D eigenvalue weighted by Crippen LogP contribution is -2.15. The van der Waals surface area contributed by atoms with E-state index in [4.69, 9.17) is 9.47 Å². The van der Waals surface area contributed by atoms with Crippen molar-refractivity contribution in [2.75, 3.05) is 14.2 Å². The number of methoxy groups -OCH3 is 2. The van der Waals surface area contributed by atoms with Crippen molar-refractivity contribution in [2.24, 2.45) is 0 Å². The van der Waals surface area contributed by atoms with Crippen molar-refractivity contribution in [3.63, 3.8) is 0 Å². The van der Waals surface area contributed by atoms with Gasteiger partial charge in [0.25, 0.3) is 0 Å². The van der Waals surface area contributed by atoms with Gasteiger partial charge in [-0.1, -0.05) is 45.0 Å². The van der Waals surface area contributed by atoms with Crippen LogP contribution in [0, 0.1) is 0 Å². The molecule has 0 fully saturated rings. The fourth-order valence-electron chi connectivity index (χ4n) is 3.08. The highest BCUT2D eigenvalue weighted by Crippen LogP contribution is 2.49. The summed E-state index contributed by atoms with van der Waals surface area (Å²) in [6.45, 7) is 6.37. The predicted octanol–water partition coefficient (Wildman–Crippen LogP) is 4.21. The Labute approximate surface area is 130 Å². The molecule has 0 amide bonds. The topological polar surface area (TPSA) is 35.5 Å². The van der Waals surface area contributed by atoms with Crippen molar-refractivity contribution in [3.05, 3.63) is 47.0 Å². The lowest BCUT2D eigenvalue weighted by Gasteiger charge is -2.25. The fraction of sp³-hybridized carbons (Fsp3) is 0.316. The molecule has 1 aliphatic rings. The highest BCUT2D eigenvalue weighted by atomic mass is 16.5. The minimum Gasteiger partial charge on any atom is -0.493 e. The van der Waals surface area contributed by atoms with E-state index in [9.17, 15) is 4.79 Å². The van der Waals surface area contributed by atoms with Crippen molar-refractivity contribution in [2.45, 2.75) is 26.2 Å². The van der Waals surface area contributed by atoms with E-state index in [1.807, 2.05) is 24.3 Å². The van der Waals surface area contributed by atoms with E-state index in [1.165, 1.54) is 0 Å². The summed E-state index contributed by atoms with van der Waals surface area (Å²) in [5.74, 6) is 1.18. The van der Waals surface area contributed by atoms with E-state index in [-0.39, 0.29) is 11.2 Å². The molecule has 0 saturated heterocycles. The maximum atomic E-state index is 12.8. The molecule has 0 aromatic heterocycles. The van der Waals surface area contributed by atoms with Gasteiger partial charge in [0.05, 0.1) is 19.8 Å². The lowest BCUT2D eigenvalue weighted by atomic mass is 9.83. The van der Waals surface area contributed by atoms with E-state index >= 15 is 0 Å². The Hall–Kier alpha value is -2.29. The van der Waals surface area contributed by atoms with Crippen LogP contribution in [-0.2, 0) is 5.41 Å². The Morgan fingerprint density at radius 3 is 2.00 bits per heavy atom. The molecular weight excluding hydrogens is 276 g/mol. The van der Waals surface area contributed by atoms with Crippen LogP contribution in [0.4, 0.5) is 0 Å². The molecule has 0 N–H and O–H groups in total. The molecular formula is C19H20O3. The van der Waals surface area contributed by atoms with Crippen LogP contribution in [0.5, 0.6) is 11.5 Å². The third-order valence-electron chi connectivity index (χ3n) is 4.14. The zero-order chi connectivity index (χ0) is 16.1. The summed E-state index contributed by atoms with van der Waals surface area (Å²) in [6.07, 6.45) is 0. The molecule has 3 nitrogen and oxygen atoms in total. The molecule has 0 aliphatic heterocycles. The van der Waals surface area contributed by atoms with Gasteiger partial charge >= 0.3 is 0 Å². The first-order chi connectivity index (χ1) is 10.4. The van der Waals surface area contributed by atoms with Crippen molar-refractivity contribution in [3.8, 4) is 22.6 Å². The largest absolute Gasteiger partial charge is 0.493 e. The summed E-state index contributed by atoms with van der Waals surface area (Å²) in [5, 5.41) is 0. The summed E-state index contributed by atoms with van der Waals surface area (Å²) in [4.78, 5) is 12.8. The third-order valence-corrected chi connectivity index (χ3v) is 4.14.